The molecular weight excluding hydrogens is 248 g/mol. The van der Waals surface area contributed by atoms with Gasteiger partial charge in [-0.1, -0.05) is 38.3 Å². The molecular formula is C14H23ClN2O. The van der Waals surface area contributed by atoms with E-state index in [4.69, 9.17) is 11.6 Å². The maximum atomic E-state index is 9.24. The molecule has 102 valence electrons. The van der Waals surface area contributed by atoms with Crippen LogP contribution in [0.2, 0.25) is 5.02 Å². The molecule has 4 heteroatoms. The molecule has 0 bridgehead atoms. The van der Waals surface area contributed by atoms with Gasteiger partial charge < -0.3 is 10.0 Å². The molecule has 0 spiro atoms. The number of aromatic nitrogens is 1. The molecule has 0 fully saturated rings. The summed E-state index contributed by atoms with van der Waals surface area (Å²) < 4.78 is 0. The number of halogens is 1. The van der Waals surface area contributed by atoms with Gasteiger partial charge in [-0.3, -0.25) is 0 Å². The largest absolute Gasteiger partial charge is 0.392 e. The second kappa shape index (κ2) is 7.59. The Bertz CT molecular complexity index is 367. The van der Waals surface area contributed by atoms with Crippen LogP contribution in [0.15, 0.2) is 12.3 Å². The van der Waals surface area contributed by atoms with Crippen LogP contribution in [-0.4, -0.2) is 23.2 Å². The maximum absolute atomic E-state index is 9.24. The van der Waals surface area contributed by atoms with Crippen molar-refractivity contribution in [3.05, 3.63) is 22.8 Å². The number of pyridine rings is 1. The first-order valence-electron chi connectivity index (χ1n) is 6.66. The highest BCUT2D eigenvalue weighted by atomic mass is 35.5. The molecule has 0 radical (unpaired) electrons. The van der Waals surface area contributed by atoms with Gasteiger partial charge in [0.2, 0.25) is 0 Å². The Hall–Kier alpha value is -0.800. The van der Waals surface area contributed by atoms with E-state index in [9.17, 15) is 5.11 Å². The highest BCUT2D eigenvalue weighted by Crippen LogP contribution is 2.22. The Labute approximate surface area is 115 Å². The highest BCUT2D eigenvalue weighted by molar-refractivity contribution is 6.31. The fourth-order valence-corrected chi connectivity index (χ4v) is 2.17. The van der Waals surface area contributed by atoms with E-state index in [1.165, 1.54) is 12.8 Å². The van der Waals surface area contributed by atoms with E-state index in [1.54, 1.807) is 6.20 Å². The van der Waals surface area contributed by atoms with Crippen molar-refractivity contribution in [1.29, 1.82) is 0 Å². The molecule has 0 saturated carbocycles. The van der Waals surface area contributed by atoms with Crippen molar-refractivity contribution in [3.8, 4) is 0 Å². The van der Waals surface area contributed by atoms with Crippen LogP contribution in [0.25, 0.3) is 0 Å². The molecule has 1 N–H and O–H groups in total. The van der Waals surface area contributed by atoms with Crippen LogP contribution in [0.3, 0.4) is 0 Å². The number of anilines is 1. The maximum Gasteiger partial charge on any atom is 0.128 e. The predicted molar refractivity (Wildman–Crippen MR) is 77.1 cm³/mol. The molecule has 0 atom stereocenters. The summed E-state index contributed by atoms with van der Waals surface area (Å²) in [5.41, 5.74) is 0.740. The fourth-order valence-electron chi connectivity index (χ4n) is 2.01. The van der Waals surface area contributed by atoms with Gasteiger partial charge in [0.05, 0.1) is 11.6 Å². The lowest BCUT2D eigenvalue weighted by Gasteiger charge is -2.26. The minimum absolute atomic E-state index is 0.0448. The molecule has 18 heavy (non-hydrogen) atoms. The molecule has 0 aliphatic carbocycles. The Morgan fingerprint density at radius 1 is 1.33 bits per heavy atom. The normalized spacial score (nSPS) is 11.0. The van der Waals surface area contributed by atoms with Gasteiger partial charge in [-0.15, -0.1) is 0 Å². The number of aliphatic hydroxyl groups excluding tert-OH is 1. The average molecular weight is 271 g/mol. The topological polar surface area (TPSA) is 36.4 Å². The summed E-state index contributed by atoms with van der Waals surface area (Å²) in [5, 5.41) is 9.77. The third-order valence-electron chi connectivity index (χ3n) is 3.43. The zero-order chi connectivity index (χ0) is 13.5. The number of rotatable bonds is 7. The SMILES string of the molecule is CCC(CC)CN(CC)c1cc(CO)c(Cl)cn1. The molecule has 0 unspecified atom stereocenters. The van der Waals surface area contributed by atoms with Crippen molar-refractivity contribution in [3.63, 3.8) is 0 Å². The van der Waals surface area contributed by atoms with Gasteiger partial charge >= 0.3 is 0 Å². The van der Waals surface area contributed by atoms with Crippen LogP contribution in [0.1, 0.15) is 39.2 Å². The molecule has 0 aliphatic heterocycles. The molecule has 0 amide bonds. The van der Waals surface area contributed by atoms with Crippen LogP contribution in [-0.2, 0) is 6.61 Å². The van der Waals surface area contributed by atoms with E-state index in [0.29, 0.717) is 10.9 Å². The summed E-state index contributed by atoms with van der Waals surface area (Å²) in [4.78, 5) is 6.61. The Morgan fingerprint density at radius 2 is 2.00 bits per heavy atom. The standard InChI is InChI=1S/C14H23ClN2O/c1-4-11(5-2)9-17(6-3)14-7-12(10-18)13(15)8-16-14/h7-8,11,18H,4-6,9-10H2,1-3H3. The zero-order valence-corrected chi connectivity index (χ0v) is 12.2. The van der Waals surface area contributed by atoms with Crippen molar-refractivity contribution in [1.82, 2.24) is 4.98 Å². The van der Waals surface area contributed by atoms with E-state index in [-0.39, 0.29) is 6.61 Å². The molecule has 1 aromatic heterocycles. The van der Waals surface area contributed by atoms with Crippen LogP contribution in [0.5, 0.6) is 0 Å². The van der Waals surface area contributed by atoms with Crippen LogP contribution < -0.4 is 4.90 Å². The van der Waals surface area contributed by atoms with Crippen LogP contribution >= 0.6 is 11.6 Å². The summed E-state index contributed by atoms with van der Waals surface area (Å²) in [5.74, 6) is 1.58. The lowest BCUT2D eigenvalue weighted by molar-refractivity contribution is 0.282. The third-order valence-corrected chi connectivity index (χ3v) is 3.77. The van der Waals surface area contributed by atoms with Gasteiger partial charge in [-0.25, -0.2) is 4.98 Å². The van der Waals surface area contributed by atoms with E-state index in [0.717, 1.165) is 24.5 Å². The minimum atomic E-state index is -0.0448. The number of hydrogen-bond donors (Lipinski definition) is 1. The first-order chi connectivity index (χ1) is 8.65. The van der Waals surface area contributed by atoms with Crippen molar-refractivity contribution < 1.29 is 5.11 Å². The van der Waals surface area contributed by atoms with Crippen molar-refractivity contribution in [2.45, 2.75) is 40.2 Å². The second-order valence-electron chi connectivity index (χ2n) is 4.51. The van der Waals surface area contributed by atoms with E-state index in [1.807, 2.05) is 6.07 Å². The Morgan fingerprint density at radius 3 is 2.50 bits per heavy atom. The molecule has 3 nitrogen and oxygen atoms in total. The first kappa shape index (κ1) is 15.3. The van der Waals surface area contributed by atoms with Gasteiger partial charge in [-0.2, -0.15) is 0 Å². The van der Waals surface area contributed by atoms with E-state index in [2.05, 4.69) is 30.7 Å². The Kier molecular flexibility index (Phi) is 6.44. The third kappa shape index (κ3) is 3.85. The molecule has 1 rings (SSSR count). The number of aliphatic hydroxyl groups is 1. The molecule has 0 saturated heterocycles. The number of nitrogens with zero attached hydrogens (tertiary/aromatic N) is 2. The molecule has 1 aromatic rings. The zero-order valence-electron chi connectivity index (χ0n) is 11.5. The summed E-state index contributed by atoms with van der Waals surface area (Å²) in [6, 6.07) is 1.88. The predicted octanol–water partition coefficient (Wildman–Crippen LogP) is 3.49. The van der Waals surface area contributed by atoms with Gasteiger partial charge in [0, 0.05) is 24.8 Å². The van der Waals surface area contributed by atoms with Crippen LogP contribution in [0.4, 0.5) is 5.82 Å². The van der Waals surface area contributed by atoms with Gasteiger partial charge in [0.25, 0.3) is 0 Å². The van der Waals surface area contributed by atoms with Crippen molar-refractivity contribution in [2.24, 2.45) is 5.92 Å². The summed E-state index contributed by atoms with van der Waals surface area (Å²) >= 11 is 5.96. The molecule has 0 aliphatic rings. The molecule has 1 heterocycles. The van der Waals surface area contributed by atoms with Crippen LogP contribution in [0, 0.1) is 5.92 Å². The first-order valence-corrected chi connectivity index (χ1v) is 7.04. The summed E-state index contributed by atoms with van der Waals surface area (Å²) in [7, 11) is 0. The average Bonchev–Trinajstić information content (AvgIpc) is 2.41. The smallest absolute Gasteiger partial charge is 0.128 e. The van der Waals surface area contributed by atoms with Gasteiger partial charge in [0.1, 0.15) is 5.82 Å². The monoisotopic (exact) mass is 270 g/mol. The fraction of sp³-hybridized carbons (Fsp3) is 0.643. The lowest BCUT2D eigenvalue weighted by Crippen LogP contribution is -2.29. The minimum Gasteiger partial charge on any atom is -0.392 e. The van der Waals surface area contributed by atoms with Crippen molar-refractivity contribution in [2.75, 3.05) is 18.0 Å². The molecule has 0 aromatic carbocycles. The Balaban J connectivity index is 2.87. The lowest BCUT2D eigenvalue weighted by atomic mass is 10.0. The second-order valence-corrected chi connectivity index (χ2v) is 4.92. The summed E-state index contributed by atoms with van der Waals surface area (Å²) in [6.07, 6.45) is 3.97. The number of hydrogen-bond acceptors (Lipinski definition) is 3. The van der Waals surface area contributed by atoms with E-state index < -0.39 is 0 Å². The van der Waals surface area contributed by atoms with E-state index >= 15 is 0 Å². The quantitative estimate of drug-likeness (QED) is 0.824. The highest BCUT2D eigenvalue weighted by Gasteiger charge is 2.13. The van der Waals surface area contributed by atoms with Crippen molar-refractivity contribution >= 4 is 17.4 Å². The van der Waals surface area contributed by atoms with Gasteiger partial charge in [0.15, 0.2) is 0 Å². The summed E-state index contributed by atoms with van der Waals surface area (Å²) in [6.45, 7) is 8.43. The van der Waals surface area contributed by atoms with Gasteiger partial charge in [-0.05, 0) is 18.9 Å².